The number of aliphatic carboxylic acids is 1. The molecule has 0 saturated carbocycles. The second kappa shape index (κ2) is 15.0. The van der Waals surface area contributed by atoms with Crippen molar-refractivity contribution in [1.82, 2.24) is 20.9 Å². The zero-order valence-corrected chi connectivity index (χ0v) is 24.6. The van der Waals surface area contributed by atoms with Crippen molar-refractivity contribution in [3.8, 4) is 5.75 Å². The highest BCUT2D eigenvalue weighted by atomic mass is 16.4. The maximum atomic E-state index is 13.7. The lowest BCUT2D eigenvalue weighted by atomic mass is 10.0. The molecule has 0 saturated heterocycles. The lowest BCUT2D eigenvalue weighted by Gasteiger charge is -2.26. The van der Waals surface area contributed by atoms with Gasteiger partial charge in [0.05, 0.1) is 12.1 Å². The molecule has 1 aromatic heterocycles. The number of rotatable bonds is 14. The third-order valence-corrected chi connectivity index (χ3v) is 7.42. The number of nitrogens with one attached hydrogen (secondary N) is 4. The molecule has 0 bridgehead atoms. The molecule has 12 heteroatoms. The Kier molecular flexibility index (Phi) is 10.9. The number of hydrogen-bond acceptors (Lipinski definition) is 7. The fourth-order valence-electron chi connectivity index (χ4n) is 4.96. The van der Waals surface area contributed by atoms with E-state index in [-0.39, 0.29) is 25.0 Å². The fourth-order valence-corrected chi connectivity index (χ4v) is 4.96. The number of H-pyrrole nitrogens is 1. The van der Waals surface area contributed by atoms with Crippen LogP contribution in [0, 0.1) is 0 Å². The number of carboxylic acid groups (broad SMARTS) is 1. The van der Waals surface area contributed by atoms with Gasteiger partial charge >= 0.3 is 5.97 Å². The Morgan fingerprint density at radius 1 is 0.756 bits per heavy atom. The molecule has 5 unspecified atom stereocenters. The normalized spacial score (nSPS) is 14.5. The number of aromatic nitrogens is 1. The molecule has 3 amide bonds. The van der Waals surface area contributed by atoms with Crippen LogP contribution in [0.3, 0.4) is 0 Å². The number of carboxylic acids is 1. The highest BCUT2D eigenvalue weighted by Crippen LogP contribution is 2.19. The van der Waals surface area contributed by atoms with Gasteiger partial charge in [-0.3, -0.25) is 14.4 Å². The summed E-state index contributed by atoms with van der Waals surface area (Å²) < 4.78 is 0. The van der Waals surface area contributed by atoms with Crippen LogP contribution in [0.2, 0.25) is 0 Å². The Labute approximate surface area is 259 Å². The molecule has 3 aromatic carbocycles. The Morgan fingerprint density at radius 3 is 2.04 bits per heavy atom. The van der Waals surface area contributed by atoms with Gasteiger partial charge in [-0.05, 0) is 48.2 Å². The molecular weight excluding hydrogens is 578 g/mol. The molecule has 0 aliphatic carbocycles. The van der Waals surface area contributed by atoms with Gasteiger partial charge < -0.3 is 42.0 Å². The monoisotopic (exact) mass is 615 g/mol. The number of aromatic hydroxyl groups is 1. The number of para-hydroxylation sites is 1. The number of phenols is 1. The number of hydrogen-bond donors (Lipinski definition) is 8. The lowest BCUT2D eigenvalue weighted by molar-refractivity contribution is -0.143. The van der Waals surface area contributed by atoms with E-state index < -0.39 is 54.0 Å². The third-order valence-electron chi connectivity index (χ3n) is 7.42. The van der Waals surface area contributed by atoms with Gasteiger partial charge in [-0.25, -0.2) is 4.79 Å². The molecule has 9 N–H and O–H groups in total. The van der Waals surface area contributed by atoms with Crippen molar-refractivity contribution in [2.75, 3.05) is 0 Å². The van der Waals surface area contributed by atoms with Gasteiger partial charge in [0.15, 0.2) is 0 Å². The number of aliphatic hydroxyl groups excluding tert-OH is 1. The van der Waals surface area contributed by atoms with Gasteiger partial charge in [-0.1, -0.05) is 60.7 Å². The van der Waals surface area contributed by atoms with Gasteiger partial charge in [0, 0.05) is 29.9 Å². The first-order chi connectivity index (χ1) is 21.5. The van der Waals surface area contributed by atoms with E-state index in [1.165, 1.54) is 31.2 Å². The van der Waals surface area contributed by atoms with Crippen molar-refractivity contribution in [3.05, 3.63) is 102 Å². The second-order valence-corrected chi connectivity index (χ2v) is 10.9. The van der Waals surface area contributed by atoms with Crippen LogP contribution in [0.1, 0.15) is 23.6 Å². The first-order valence-electron chi connectivity index (χ1n) is 14.5. The Hall–Kier alpha value is -5.20. The molecule has 45 heavy (non-hydrogen) atoms. The maximum Gasteiger partial charge on any atom is 0.326 e. The number of aromatic amines is 1. The van der Waals surface area contributed by atoms with E-state index in [1.54, 1.807) is 6.20 Å². The topological polar surface area (TPSA) is 207 Å². The molecule has 4 rings (SSSR count). The minimum Gasteiger partial charge on any atom is -0.508 e. The average Bonchev–Trinajstić information content (AvgIpc) is 3.42. The van der Waals surface area contributed by atoms with E-state index >= 15 is 0 Å². The summed E-state index contributed by atoms with van der Waals surface area (Å²) in [6.07, 6.45) is 0.458. The summed E-state index contributed by atoms with van der Waals surface area (Å²) in [6.45, 7) is 1.28. The SMILES string of the molecule is CC(O)C(NC(=O)C(Cc1c[nH]c2ccccc12)NC(=O)C(N)Cc1ccccc1)C(=O)NC(Cc1ccc(O)cc1)C(=O)O. The number of benzene rings is 3. The largest absolute Gasteiger partial charge is 0.508 e. The Balaban J connectivity index is 1.52. The second-order valence-electron chi connectivity index (χ2n) is 10.9. The molecule has 0 spiro atoms. The number of nitrogens with two attached hydrogens (primary N) is 1. The average molecular weight is 616 g/mol. The van der Waals surface area contributed by atoms with Crippen LogP contribution in [-0.4, -0.2) is 74.3 Å². The highest BCUT2D eigenvalue weighted by Gasteiger charge is 2.33. The van der Waals surface area contributed by atoms with E-state index in [4.69, 9.17) is 5.73 Å². The van der Waals surface area contributed by atoms with Crippen molar-refractivity contribution >= 4 is 34.6 Å². The molecule has 1 heterocycles. The van der Waals surface area contributed by atoms with Crippen molar-refractivity contribution in [1.29, 1.82) is 0 Å². The summed E-state index contributed by atoms with van der Waals surface area (Å²) in [6, 6.07) is 17.3. The van der Waals surface area contributed by atoms with E-state index in [2.05, 4.69) is 20.9 Å². The summed E-state index contributed by atoms with van der Waals surface area (Å²) in [4.78, 5) is 55.2. The predicted octanol–water partition coefficient (Wildman–Crippen LogP) is 1.15. The van der Waals surface area contributed by atoms with Crippen molar-refractivity contribution < 1.29 is 34.5 Å². The number of carbonyl (C=O) groups excluding carboxylic acids is 3. The zero-order valence-electron chi connectivity index (χ0n) is 24.6. The number of aliphatic hydroxyl groups is 1. The van der Waals surface area contributed by atoms with Crippen LogP contribution in [0.25, 0.3) is 10.9 Å². The molecule has 5 atom stereocenters. The van der Waals surface area contributed by atoms with Gasteiger partial charge in [-0.15, -0.1) is 0 Å². The van der Waals surface area contributed by atoms with Crippen LogP contribution in [0.5, 0.6) is 5.75 Å². The first kappa shape index (κ1) is 32.7. The van der Waals surface area contributed by atoms with Crippen LogP contribution in [0.15, 0.2) is 85.1 Å². The van der Waals surface area contributed by atoms with Gasteiger partial charge in [0.2, 0.25) is 17.7 Å². The van der Waals surface area contributed by atoms with Gasteiger partial charge in [0.25, 0.3) is 0 Å². The lowest BCUT2D eigenvalue weighted by Crippen LogP contribution is -2.60. The molecule has 0 radical (unpaired) electrons. The van der Waals surface area contributed by atoms with Crippen LogP contribution < -0.4 is 21.7 Å². The molecule has 0 aliphatic heterocycles. The Morgan fingerprint density at radius 2 is 1.38 bits per heavy atom. The van der Waals surface area contributed by atoms with E-state index in [9.17, 15) is 34.5 Å². The standard InChI is InChI=1S/C33H37N5O7/c1-19(39)29(32(43)37-28(33(44)45)16-21-11-13-23(40)14-12-21)38-31(42)27(17-22-18-35-26-10-6-5-9-24(22)26)36-30(41)25(34)15-20-7-3-2-4-8-20/h2-14,18-19,25,27-29,35,39-40H,15-17,34H2,1H3,(H,36,41)(H,37,43)(H,38,42)(H,44,45). The molecule has 0 aliphatic rings. The number of phenolic OH excluding ortho intramolecular Hbond substituents is 1. The summed E-state index contributed by atoms with van der Waals surface area (Å²) in [5.41, 5.74) is 9.11. The summed E-state index contributed by atoms with van der Waals surface area (Å²) in [5.74, 6) is -3.61. The Bertz CT molecular complexity index is 1620. The van der Waals surface area contributed by atoms with Crippen LogP contribution in [0.4, 0.5) is 0 Å². The zero-order chi connectivity index (χ0) is 32.5. The molecule has 236 valence electrons. The smallest absolute Gasteiger partial charge is 0.326 e. The van der Waals surface area contributed by atoms with E-state index in [0.29, 0.717) is 5.56 Å². The predicted molar refractivity (Wildman–Crippen MR) is 167 cm³/mol. The molecule has 0 fully saturated rings. The minimum atomic E-state index is -1.54. The summed E-state index contributed by atoms with van der Waals surface area (Å²) in [5, 5.41) is 38.1. The maximum absolute atomic E-state index is 13.7. The highest BCUT2D eigenvalue weighted by molar-refractivity contribution is 5.95. The van der Waals surface area contributed by atoms with Crippen LogP contribution in [-0.2, 0) is 38.4 Å². The first-order valence-corrected chi connectivity index (χ1v) is 14.5. The van der Waals surface area contributed by atoms with Gasteiger partial charge in [-0.2, -0.15) is 0 Å². The quantitative estimate of drug-likeness (QED) is 0.103. The number of carbonyl (C=O) groups is 4. The molecule has 12 nitrogen and oxygen atoms in total. The van der Waals surface area contributed by atoms with Crippen molar-refractivity contribution in [2.24, 2.45) is 5.73 Å². The number of amides is 3. The van der Waals surface area contributed by atoms with Crippen molar-refractivity contribution in [3.63, 3.8) is 0 Å². The molecular formula is C33H37N5O7. The molecule has 4 aromatic rings. The minimum absolute atomic E-state index is 0.00171. The summed E-state index contributed by atoms with van der Waals surface area (Å²) in [7, 11) is 0. The van der Waals surface area contributed by atoms with Gasteiger partial charge in [0.1, 0.15) is 23.9 Å². The third kappa shape index (κ3) is 8.91. The van der Waals surface area contributed by atoms with E-state index in [1.807, 2.05) is 54.6 Å². The summed E-state index contributed by atoms with van der Waals surface area (Å²) >= 11 is 0. The van der Waals surface area contributed by atoms with E-state index in [0.717, 1.165) is 22.0 Å². The van der Waals surface area contributed by atoms with Crippen LogP contribution >= 0.6 is 0 Å². The number of fused-ring (bicyclic) bond motifs is 1. The van der Waals surface area contributed by atoms with Crippen molar-refractivity contribution in [2.45, 2.75) is 56.5 Å². The fraction of sp³-hybridized carbons (Fsp3) is 0.273.